The predicted molar refractivity (Wildman–Crippen MR) is 162 cm³/mol. The van der Waals surface area contributed by atoms with Crippen LogP contribution in [0.4, 0.5) is 0 Å². The maximum Gasteiger partial charge on any atom is 0.338 e. The Labute approximate surface area is 241 Å². The minimum atomic E-state index is -3.39. The van der Waals surface area contributed by atoms with E-state index in [1.807, 2.05) is 66.7 Å². The van der Waals surface area contributed by atoms with Crippen LogP contribution in [0, 0.1) is 5.92 Å². The van der Waals surface area contributed by atoms with Crippen molar-refractivity contribution in [3.63, 3.8) is 0 Å². The smallest absolute Gasteiger partial charge is 0.338 e. The number of methoxy groups -OCH3 is 2. The number of carbonyl (C=O) groups is 3. The Kier molecular flexibility index (Phi) is 10.1. The van der Waals surface area contributed by atoms with Gasteiger partial charge in [-0.15, -0.1) is 0 Å². The summed E-state index contributed by atoms with van der Waals surface area (Å²) in [5.74, 6) is -2.03. The van der Waals surface area contributed by atoms with Gasteiger partial charge in [-0.25, -0.2) is 14.3 Å². The Morgan fingerprint density at radius 1 is 0.780 bits per heavy atom. The summed E-state index contributed by atoms with van der Waals surface area (Å²) in [6.07, 6.45) is 5.80. The molecule has 2 N–H and O–H groups in total. The largest absolute Gasteiger partial charge is 0.466 e. The molecule has 1 aliphatic carbocycles. The standard InChI is InChI=1S/C33H35N2O5P/c1-39-29(36)23-28(33(38)40-2)31(30(34)24-15-7-3-8-16-24)41(26-19-11-5-12-20-26,27-21-13-6-14-22-27)35-32(37)25-17-9-4-10-18-25/h4-6,9-14,17-24H,3,7-8,15-16,34H2,1-2H3/b28-23-,31-30+. The number of allylic oxidation sites excluding steroid dienone is 1. The van der Waals surface area contributed by atoms with E-state index in [-0.39, 0.29) is 11.5 Å². The molecule has 0 unspecified atom stereocenters. The second-order valence-electron chi connectivity index (χ2n) is 9.79. The third kappa shape index (κ3) is 6.58. The topological polar surface area (TPSA) is 108 Å². The summed E-state index contributed by atoms with van der Waals surface area (Å²) in [4.78, 5) is 40.3. The Morgan fingerprint density at radius 2 is 1.29 bits per heavy atom. The van der Waals surface area contributed by atoms with Crippen molar-refractivity contribution in [3.05, 3.63) is 119 Å². The summed E-state index contributed by atoms with van der Waals surface area (Å²) in [7, 11) is -0.905. The van der Waals surface area contributed by atoms with Gasteiger partial charge >= 0.3 is 11.9 Å². The van der Waals surface area contributed by atoms with E-state index in [1.54, 1.807) is 24.3 Å². The van der Waals surface area contributed by atoms with Crippen LogP contribution in [0.1, 0.15) is 42.5 Å². The van der Waals surface area contributed by atoms with Crippen molar-refractivity contribution in [2.24, 2.45) is 16.4 Å². The van der Waals surface area contributed by atoms with Crippen LogP contribution < -0.4 is 16.3 Å². The molecule has 0 bridgehead atoms. The van der Waals surface area contributed by atoms with Gasteiger partial charge in [-0.05, 0) is 30.9 Å². The van der Waals surface area contributed by atoms with Crippen LogP contribution in [-0.4, -0.2) is 32.1 Å². The van der Waals surface area contributed by atoms with Gasteiger partial charge in [0, 0.05) is 33.3 Å². The predicted octanol–water partition coefficient (Wildman–Crippen LogP) is 5.70. The number of hydrogen-bond donors (Lipinski definition) is 1. The van der Waals surface area contributed by atoms with Crippen molar-refractivity contribution < 1.29 is 23.9 Å². The van der Waals surface area contributed by atoms with E-state index < -0.39 is 24.9 Å². The zero-order valence-electron chi connectivity index (χ0n) is 23.4. The highest BCUT2D eigenvalue weighted by atomic mass is 31.2. The molecule has 0 atom stereocenters. The summed E-state index contributed by atoms with van der Waals surface area (Å²) >= 11 is 0. The lowest BCUT2D eigenvalue weighted by atomic mass is 9.86. The molecule has 1 saturated carbocycles. The number of benzene rings is 3. The summed E-state index contributed by atoms with van der Waals surface area (Å²) in [5, 5.41) is 1.77. The molecule has 0 heterocycles. The number of carbonyl (C=O) groups excluding carboxylic acids is 3. The first kappa shape index (κ1) is 29.8. The van der Waals surface area contributed by atoms with Crippen molar-refractivity contribution in [3.8, 4) is 0 Å². The summed E-state index contributed by atoms with van der Waals surface area (Å²) in [6.45, 7) is 0. The number of rotatable bonds is 8. The van der Waals surface area contributed by atoms with Crippen molar-refractivity contribution in [1.82, 2.24) is 0 Å². The Bertz CT molecular complexity index is 1450. The molecule has 0 aromatic heterocycles. The lowest BCUT2D eigenvalue weighted by Crippen LogP contribution is -2.27. The minimum absolute atomic E-state index is 0.0620. The number of esters is 2. The van der Waals surface area contributed by atoms with Crippen molar-refractivity contribution in [1.29, 1.82) is 0 Å². The van der Waals surface area contributed by atoms with E-state index >= 15 is 0 Å². The molecule has 0 saturated heterocycles. The Balaban J connectivity index is 2.24. The summed E-state index contributed by atoms with van der Waals surface area (Å²) in [6, 6.07) is 27.6. The first-order valence-electron chi connectivity index (χ1n) is 13.6. The van der Waals surface area contributed by atoms with Gasteiger partial charge < -0.3 is 15.2 Å². The van der Waals surface area contributed by atoms with Gasteiger partial charge in [-0.2, -0.15) is 0 Å². The quantitative estimate of drug-likeness (QED) is 0.161. The molecular weight excluding hydrogens is 535 g/mol. The number of nitrogens with two attached hydrogens (primary N) is 1. The molecule has 41 heavy (non-hydrogen) atoms. The number of ether oxygens (including phenoxy) is 2. The molecule has 8 heteroatoms. The molecule has 1 aliphatic rings. The molecular formula is C33H35N2O5P. The first-order chi connectivity index (χ1) is 19.9. The van der Waals surface area contributed by atoms with Crippen LogP contribution in [0.3, 0.4) is 0 Å². The number of nitrogens with zero attached hydrogens (tertiary/aromatic N) is 1. The van der Waals surface area contributed by atoms with E-state index in [0.717, 1.165) is 38.2 Å². The van der Waals surface area contributed by atoms with Crippen LogP contribution in [0.2, 0.25) is 0 Å². The third-order valence-corrected chi connectivity index (χ3v) is 11.0. The van der Waals surface area contributed by atoms with Gasteiger partial charge in [0.25, 0.3) is 5.91 Å². The maximum atomic E-state index is 14.0. The van der Waals surface area contributed by atoms with Gasteiger partial charge in [-0.3, -0.25) is 4.79 Å². The average molecular weight is 571 g/mol. The van der Waals surface area contributed by atoms with E-state index in [9.17, 15) is 14.4 Å². The van der Waals surface area contributed by atoms with E-state index in [2.05, 4.69) is 0 Å². The molecule has 3 aromatic carbocycles. The van der Waals surface area contributed by atoms with Crippen LogP contribution in [-0.2, 0) is 19.1 Å². The fourth-order valence-electron chi connectivity index (χ4n) is 5.27. The SMILES string of the molecule is COC(=O)/C=C(C(=O)OC)/C(=C(\N)C1CCCCC1)P(=NC(=O)c1ccccc1)(c1ccccc1)c1ccccc1. The summed E-state index contributed by atoms with van der Waals surface area (Å²) < 4.78 is 15.2. The van der Waals surface area contributed by atoms with E-state index in [4.69, 9.17) is 20.0 Å². The van der Waals surface area contributed by atoms with Crippen molar-refractivity contribution in [2.45, 2.75) is 32.1 Å². The van der Waals surface area contributed by atoms with Crippen LogP contribution in [0.25, 0.3) is 0 Å². The average Bonchev–Trinajstić information content (AvgIpc) is 3.04. The lowest BCUT2D eigenvalue weighted by molar-refractivity contribution is -0.138. The number of amides is 1. The zero-order valence-corrected chi connectivity index (χ0v) is 24.3. The normalized spacial score (nSPS) is 14.9. The molecule has 212 valence electrons. The zero-order chi connectivity index (χ0) is 29.2. The molecule has 1 fully saturated rings. The molecule has 1 amide bonds. The highest BCUT2D eigenvalue weighted by Crippen LogP contribution is 2.60. The van der Waals surface area contributed by atoms with Crippen LogP contribution in [0.5, 0.6) is 0 Å². The van der Waals surface area contributed by atoms with Gasteiger partial charge in [0.1, 0.15) is 0 Å². The molecule has 0 aliphatic heterocycles. The Hall–Kier alpha value is -4.22. The first-order valence-corrected chi connectivity index (χ1v) is 15.4. The lowest BCUT2D eigenvalue weighted by Gasteiger charge is -2.33. The molecule has 0 radical (unpaired) electrons. The van der Waals surface area contributed by atoms with Gasteiger partial charge in [0.2, 0.25) is 0 Å². The Morgan fingerprint density at radius 3 is 1.78 bits per heavy atom. The van der Waals surface area contributed by atoms with Gasteiger partial charge in [0.15, 0.2) is 0 Å². The van der Waals surface area contributed by atoms with Crippen LogP contribution in [0.15, 0.2) is 118 Å². The van der Waals surface area contributed by atoms with Gasteiger partial charge in [0.05, 0.1) is 26.8 Å². The van der Waals surface area contributed by atoms with E-state index in [0.29, 0.717) is 27.2 Å². The molecule has 4 rings (SSSR count). The monoisotopic (exact) mass is 570 g/mol. The molecule has 3 aromatic rings. The maximum absolute atomic E-state index is 14.0. The van der Waals surface area contributed by atoms with Crippen molar-refractivity contribution >= 4 is 35.5 Å². The van der Waals surface area contributed by atoms with Crippen LogP contribution >= 0.6 is 7.05 Å². The number of hydrogen-bond acceptors (Lipinski definition) is 6. The fourth-order valence-corrected chi connectivity index (χ4v) is 9.07. The highest BCUT2D eigenvalue weighted by molar-refractivity contribution is 7.85. The highest BCUT2D eigenvalue weighted by Gasteiger charge is 2.39. The second-order valence-corrected chi connectivity index (χ2v) is 12.7. The summed E-state index contributed by atoms with van der Waals surface area (Å²) in [5.41, 5.74) is 7.89. The molecule has 0 spiro atoms. The van der Waals surface area contributed by atoms with Crippen molar-refractivity contribution in [2.75, 3.05) is 14.2 Å². The van der Waals surface area contributed by atoms with Gasteiger partial charge in [-0.1, -0.05) is 98.1 Å². The minimum Gasteiger partial charge on any atom is -0.466 e. The van der Waals surface area contributed by atoms with E-state index in [1.165, 1.54) is 14.2 Å². The molecule has 7 nitrogen and oxygen atoms in total. The third-order valence-electron chi connectivity index (χ3n) is 7.29. The fraction of sp³-hybridized carbons (Fsp3) is 0.242. The second kappa shape index (κ2) is 13.9.